The molecule has 0 aliphatic carbocycles. The van der Waals surface area contributed by atoms with E-state index >= 15 is 0 Å². The number of carbonyl (C=O) groups excluding carboxylic acids is 1. The first kappa shape index (κ1) is 17.5. The molecule has 0 aromatic heterocycles. The van der Waals surface area contributed by atoms with Crippen molar-refractivity contribution in [1.82, 2.24) is 10.2 Å². The molecule has 3 heteroatoms. The summed E-state index contributed by atoms with van der Waals surface area (Å²) in [6, 6.07) is 0.471. The van der Waals surface area contributed by atoms with Crippen molar-refractivity contribution in [3.05, 3.63) is 0 Å². The number of amides is 1. The first-order chi connectivity index (χ1) is 9.24. The number of piperidine rings is 1. The summed E-state index contributed by atoms with van der Waals surface area (Å²) in [6.45, 7) is 15.7. The molecule has 0 saturated carbocycles. The van der Waals surface area contributed by atoms with Crippen LogP contribution in [0.1, 0.15) is 60.8 Å². The minimum atomic E-state index is -0.266. The maximum absolute atomic E-state index is 12.5. The summed E-state index contributed by atoms with van der Waals surface area (Å²) in [7, 11) is 0. The van der Waals surface area contributed by atoms with Gasteiger partial charge in [-0.2, -0.15) is 0 Å². The van der Waals surface area contributed by atoms with E-state index in [-0.39, 0.29) is 5.41 Å². The number of rotatable bonds is 5. The molecule has 1 aliphatic rings. The van der Waals surface area contributed by atoms with E-state index in [4.69, 9.17) is 0 Å². The minimum Gasteiger partial charge on any atom is -0.340 e. The molecule has 1 N–H and O–H groups in total. The molecular weight excluding hydrogens is 248 g/mol. The molecule has 2 atom stereocenters. The van der Waals surface area contributed by atoms with E-state index in [2.05, 4.69) is 31.0 Å². The lowest BCUT2D eigenvalue weighted by molar-refractivity contribution is -0.142. The summed E-state index contributed by atoms with van der Waals surface area (Å²) in [5.41, 5.74) is -0.266. The molecule has 1 saturated heterocycles. The highest BCUT2D eigenvalue weighted by Crippen LogP contribution is 2.25. The normalized spacial score (nSPS) is 24.2. The second kappa shape index (κ2) is 7.44. The van der Waals surface area contributed by atoms with E-state index in [0.29, 0.717) is 17.9 Å². The molecule has 1 aliphatic heterocycles. The lowest BCUT2D eigenvalue weighted by Gasteiger charge is -2.40. The number of likely N-dealkylation sites (tertiary alicyclic amines) is 1. The first-order valence-electron chi connectivity index (χ1n) is 8.26. The Labute approximate surface area is 125 Å². The van der Waals surface area contributed by atoms with Crippen molar-refractivity contribution in [2.45, 2.75) is 66.8 Å². The SMILES string of the molecule is CCC1CC(NCCC(C)C)CN(C(=O)C(C)(C)C)C1. The Morgan fingerprint density at radius 2 is 1.95 bits per heavy atom. The molecule has 2 unspecified atom stereocenters. The average Bonchev–Trinajstić information content (AvgIpc) is 2.35. The Hall–Kier alpha value is -0.570. The van der Waals surface area contributed by atoms with Gasteiger partial charge in [-0.3, -0.25) is 4.79 Å². The molecule has 1 heterocycles. The van der Waals surface area contributed by atoms with Crippen LogP contribution in [0.3, 0.4) is 0 Å². The van der Waals surface area contributed by atoms with Crippen LogP contribution in [-0.4, -0.2) is 36.5 Å². The second-order valence-corrected chi connectivity index (χ2v) is 7.80. The molecule has 0 bridgehead atoms. The quantitative estimate of drug-likeness (QED) is 0.839. The van der Waals surface area contributed by atoms with Gasteiger partial charge >= 0.3 is 0 Å². The van der Waals surface area contributed by atoms with Crippen molar-refractivity contribution >= 4 is 5.91 Å². The summed E-state index contributed by atoms with van der Waals surface area (Å²) in [6.07, 6.45) is 3.58. The fourth-order valence-electron chi connectivity index (χ4n) is 2.86. The van der Waals surface area contributed by atoms with E-state index in [1.165, 1.54) is 12.8 Å². The Morgan fingerprint density at radius 1 is 1.30 bits per heavy atom. The van der Waals surface area contributed by atoms with E-state index in [0.717, 1.165) is 32.0 Å². The van der Waals surface area contributed by atoms with Gasteiger partial charge in [0.25, 0.3) is 0 Å². The number of nitrogens with zero attached hydrogens (tertiary/aromatic N) is 1. The zero-order chi connectivity index (χ0) is 15.3. The molecule has 1 amide bonds. The maximum Gasteiger partial charge on any atom is 0.228 e. The van der Waals surface area contributed by atoms with Crippen LogP contribution in [0.25, 0.3) is 0 Å². The molecule has 3 nitrogen and oxygen atoms in total. The summed E-state index contributed by atoms with van der Waals surface area (Å²) < 4.78 is 0. The molecule has 0 spiro atoms. The summed E-state index contributed by atoms with van der Waals surface area (Å²) in [4.78, 5) is 14.6. The van der Waals surface area contributed by atoms with Gasteiger partial charge in [-0.05, 0) is 31.2 Å². The first-order valence-corrected chi connectivity index (χ1v) is 8.26. The van der Waals surface area contributed by atoms with Gasteiger partial charge in [0.2, 0.25) is 5.91 Å². The molecule has 0 radical (unpaired) electrons. The van der Waals surface area contributed by atoms with Gasteiger partial charge < -0.3 is 10.2 Å². The van der Waals surface area contributed by atoms with Gasteiger partial charge in [0.15, 0.2) is 0 Å². The summed E-state index contributed by atoms with van der Waals surface area (Å²) in [5.74, 6) is 1.68. The highest BCUT2D eigenvalue weighted by atomic mass is 16.2. The lowest BCUT2D eigenvalue weighted by Crippen LogP contribution is -2.53. The molecular formula is C17H34N2O. The van der Waals surface area contributed by atoms with Crippen LogP contribution in [0, 0.1) is 17.3 Å². The van der Waals surface area contributed by atoms with E-state index in [1.807, 2.05) is 20.8 Å². The minimum absolute atomic E-state index is 0.266. The van der Waals surface area contributed by atoms with Crippen LogP contribution in [0.4, 0.5) is 0 Å². The maximum atomic E-state index is 12.5. The van der Waals surface area contributed by atoms with Crippen molar-refractivity contribution in [2.24, 2.45) is 17.3 Å². The third-order valence-electron chi connectivity index (χ3n) is 4.20. The van der Waals surface area contributed by atoms with Gasteiger partial charge in [-0.1, -0.05) is 48.0 Å². The van der Waals surface area contributed by atoms with Gasteiger partial charge in [0.1, 0.15) is 0 Å². The topological polar surface area (TPSA) is 32.3 Å². The highest BCUT2D eigenvalue weighted by Gasteiger charge is 2.33. The van der Waals surface area contributed by atoms with Crippen LogP contribution >= 0.6 is 0 Å². The molecule has 118 valence electrons. The van der Waals surface area contributed by atoms with Crippen molar-refractivity contribution in [2.75, 3.05) is 19.6 Å². The van der Waals surface area contributed by atoms with Crippen molar-refractivity contribution in [3.63, 3.8) is 0 Å². The predicted octanol–water partition coefficient (Wildman–Crippen LogP) is 3.30. The number of carbonyl (C=O) groups is 1. The zero-order valence-electron chi connectivity index (χ0n) is 14.3. The number of nitrogens with one attached hydrogen (secondary N) is 1. The Kier molecular flexibility index (Phi) is 6.50. The summed E-state index contributed by atoms with van der Waals surface area (Å²) in [5, 5.41) is 3.66. The third kappa shape index (κ3) is 5.43. The van der Waals surface area contributed by atoms with E-state index in [9.17, 15) is 4.79 Å². The van der Waals surface area contributed by atoms with Gasteiger partial charge in [0.05, 0.1) is 0 Å². The smallest absolute Gasteiger partial charge is 0.228 e. The van der Waals surface area contributed by atoms with Gasteiger partial charge in [-0.25, -0.2) is 0 Å². The predicted molar refractivity (Wildman–Crippen MR) is 85.7 cm³/mol. The monoisotopic (exact) mass is 282 g/mol. The summed E-state index contributed by atoms with van der Waals surface area (Å²) >= 11 is 0. The van der Waals surface area contributed by atoms with E-state index in [1.54, 1.807) is 0 Å². The molecule has 0 aromatic rings. The van der Waals surface area contributed by atoms with Crippen LogP contribution in [0.2, 0.25) is 0 Å². The molecule has 0 aromatic carbocycles. The second-order valence-electron chi connectivity index (χ2n) is 7.80. The van der Waals surface area contributed by atoms with Crippen LogP contribution in [0.15, 0.2) is 0 Å². The Bertz CT molecular complexity index is 307. The fraction of sp³-hybridized carbons (Fsp3) is 0.941. The standard InChI is InChI=1S/C17H34N2O/c1-7-14-10-15(18-9-8-13(2)3)12-19(11-14)16(20)17(4,5)6/h13-15,18H,7-12H2,1-6H3. The van der Waals surface area contributed by atoms with Crippen LogP contribution in [0.5, 0.6) is 0 Å². The van der Waals surface area contributed by atoms with Crippen LogP contribution < -0.4 is 5.32 Å². The van der Waals surface area contributed by atoms with Crippen molar-refractivity contribution in [3.8, 4) is 0 Å². The Balaban J connectivity index is 2.58. The number of hydrogen-bond acceptors (Lipinski definition) is 2. The third-order valence-corrected chi connectivity index (χ3v) is 4.20. The molecule has 1 rings (SSSR count). The van der Waals surface area contributed by atoms with Gasteiger partial charge in [-0.15, -0.1) is 0 Å². The van der Waals surface area contributed by atoms with Crippen molar-refractivity contribution < 1.29 is 4.79 Å². The highest BCUT2D eigenvalue weighted by molar-refractivity contribution is 5.81. The lowest BCUT2D eigenvalue weighted by atomic mass is 9.88. The average molecular weight is 282 g/mol. The fourth-order valence-corrected chi connectivity index (χ4v) is 2.86. The zero-order valence-corrected chi connectivity index (χ0v) is 14.3. The number of hydrogen-bond donors (Lipinski definition) is 1. The Morgan fingerprint density at radius 3 is 2.45 bits per heavy atom. The van der Waals surface area contributed by atoms with Gasteiger partial charge in [0, 0.05) is 24.5 Å². The van der Waals surface area contributed by atoms with E-state index < -0.39 is 0 Å². The largest absolute Gasteiger partial charge is 0.340 e. The molecule has 20 heavy (non-hydrogen) atoms. The van der Waals surface area contributed by atoms with Crippen molar-refractivity contribution in [1.29, 1.82) is 0 Å². The van der Waals surface area contributed by atoms with Crippen LogP contribution in [-0.2, 0) is 4.79 Å². The molecule has 1 fully saturated rings.